The molecule has 3 N–H and O–H groups in total. The summed E-state index contributed by atoms with van der Waals surface area (Å²) < 4.78 is 0. The topological polar surface area (TPSA) is 99.5 Å². The summed E-state index contributed by atoms with van der Waals surface area (Å²) in [6, 6.07) is 21.6. The maximum atomic E-state index is 13.4. The SMILES string of the molecule is Cc1ccc2c(c1)CN(c1cccc(-c3ccc(C(N)=O)c4[nH]c5cc(N6CCCC6=O)ccc5c34)c1C)C2=O. The predicted molar refractivity (Wildman–Crippen MR) is 158 cm³/mol. The number of carbonyl (C=O) groups is 3. The van der Waals surface area contributed by atoms with Crippen LogP contribution in [0.2, 0.25) is 0 Å². The van der Waals surface area contributed by atoms with E-state index in [2.05, 4.69) is 11.1 Å². The quantitative estimate of drug-likeness (QED) is 0.300. The van der Waals surface area contributed by atoms with Gasteiger partial charge in [-0.25, -0.2) is 0 Å². The molecule has 198 valence electrons. The van der Waals surface area contributed by atoms with Gasteiger partial charge in [0.1, 0.15) is 0 Å². The number of primary amides is 1. The second kappa shape index (κ2) is 8.81. The van der Waals surface area contributed by atoms with Crippen LogP contribution in [0.5, 0.6) is 0 Å². The first-order chi connectivity index (χ1) is 19.3. The number of aromatic amines is 1. The van der Waals surface area contributed by atoms with Crippen LogP contribution in [0, 0.1) is 13.8 Å². The molecular weight excluding hydrogens is 500 g/mol. The number of nitrogens with zero attached hydrogens (tertiary/aromatic N) is 2. The molecule has 3 heterocycles. The molecule has 3 amide bonds. The standard InChI is InChI=1S/C33H28N4O3/c1-18-8-10-23-20(15-18)17-37(33(23)40)28-6-3-5-22(19(28)2)24-12-13-26(32(34)39)31-30(24)25-11-9-21(16-27(25)35-31)36-14-4-7-29(36)38/h3,5-6,8-13,15-16,35H,4,7,14,17H2,1-2H3,(H2,34,39). The summed E-state index contributed by atoms with van der Waals surface area (Å²) in [5.41, 5.74) is 15.2. The Morgan fingerprint density at radius 3 is 2.50 bits per heavy atom. The zero-order valence-corrected chi connectivity index (χ0v) is 22.4. The summed E-state index contributed by atoms with van der Waals surface area (Å²) in [6.07, 6.45) is 1.40. The molecule has 0 aliphatic carbocycles. The molecule has 0 spiro atoms. The van der Waals surface area contributed by atoms with Crippen molar-refractivity contribution < 1.29 is 14.4 Å². The third kappa shape index (κ3) is 3.54. The van der Waals surface area contributed by atoms with Crippen LogP contribution in [0.1, 0.15) is 50.2 Å². The summed E-state index contributed by atoms with van der Waals surface area (Å²) in [5, 5.41) is 1.82. The first-order valence-corrected chi connectivity index (χ1v) is 13.5. The average molecular weight is 529 g/mol. The number of amides is 3. The average Bonchev–Trinajstić information content (AvgIpc) is 3.62. The Morgan fingerprint density at radius 2 is 1.73 bits per heavy atom. The molecule has 1 saturated heterocycles. The maximum absolute atomic E-state index is 13.4. The van der Waals surface area contributed by atoms with Gasteiger partial charge < -0.3 is 20.5 Å². The van der Waals surface area contributed by atoms with Crippen LogP contribution < -0.4 is 15.5 Å². The smallest absolute Gasteiger partial charge is 0.258 e. The number of anilines is 2. The van der Waals surface area contributed by atoms with Crippen molar-refractivity contribution in [2.24, 2.45) is 5.73 Å². The lowest BCUT2D eigenvalue weighted by molar-refractivity contribution is -0.117. The van der Waals surface area contributed by atoms with Gasteiger partial charge in [0.25, 0.3) is 11.8 Å². The largest absolute Gasteiger partial charge is 0.366 e. The molecule has 0 unspecified atom stereocenters. The first kappa shape index (κ1) is 24.2. The zero-order valence-electron chi connectivity index (χ0n) is 22.4. The monoisotopic (exact) mass is 528 g/mol. The van der Waals surface area contributed by atoms with Gasteiger partial charge in [0.15, 0.2) is 0 Å². The van der Waals surface area contributed by atoms with E-state index in [1.807, 2.05) is 73.3 Å². The lowest BCUT2D eigenvalue weighted by Gasteiger charge is -2.21. The van der Waals surface area contributed by atoms with Crippen molar-refractivity contribution in [3.63, 3.8) is 0 Å². The van der Waals surface area contributed by atoms with Crippen molar-refractivity contribution in [3.8, 4) is 11.1 Å². The van der Waals surface area contributed by atoms with Crippen LogP contribution in [0.3, 0.4) is 0 Å². The Morgan fingerprint density at radius 1 is 0.900 bits per heavy atom. The molecule has 40 heavy (non-hydrogen) atoms. The number of nitrogens with one attached hydrogen (secondary N) is 1. The Kier molecular flexibility index (Phi) is 5.32. The third-order valence-corrected chi connectivity index (χ3v) is 8.34. The van der Waals surface area contributed by atoms with Gasteiger partial charge >= 0.3 is 0 Å². The van der Waals surface area contributed by atoms with Crippen LogP contribution >= 0.6 is 0 Å². The van der Waals surface area contributed by atoms with E-state index in [4.69, 9.17) is 5.73 Å². The molecular formula is C33H28N4O3. The van der Waals surface area contributed by atoms with Gasteiger partial charge in [0, 0.05) is 46.2 Å². The molecule has 1 fully saturated rings. The van der Waals surface area contributed by atoms with Gasteiger partial charge in [-0.05, 0) is 72.9 Å². The van der Waals surface area contributed by atoms with E-state index in [1.165, 1.54) is 0 Å². The van der Waals surface area contributed by atoms with E-state index in [9.17, 15) is 14.4 Å². The van der Waals surface area contributed by atoms with Crippen LogP contribution in [-0.4, -0.2) is 29.3 Å². The van der Waals surface area contributed by atoms with E-state index in [0.29, 0.717) is 30.6 Å². The maximum Gasteiger partial charge on any atom is 0.258 e. The van der Waals surface area contributed by atoms with Crippen molar-refractivity contribution in [3.05, 3.63) is 94.5 Å². The molecule has 2 aliphatic heterocycles. The minimum atomic E-state index is -0.515. The minimum Gasteiger partial charge on any atom is -0.366 e. The zero-order chi connectivity index (χ0) is 27.7. The molecule has 7 nitrogen and oxygen atoms in total. The lowest BCUT2D eigenvalue weighted by atomic mass is 9.93. The van der Waals surface area contributed by atoms with Crippen molar-refractivity contribution in [2.75, 3.05) is 16.3 Å². The fraction of sp³-hybridized carbons (Fsp3) is 0.182. The second-order valence-electron chi connectivity index (χ2n) is 10.8. The van der Waals surface area contributed by atoms with Gasteiger partial charge in [-0.3, -0.25) is 14.4 Å². The predicted octanol–water partition coefficient (Wildman–Crippen LogP) is 5.99. The van der Waals surface area contributed by atoms with E-state index in [0.717, 1.165) is 67.5 Å². The fourth-order valence-corrected chi connectivity index (χ4v) is 6.37. The summed E-state index contributed by atoms with van der Waals surface area (Å²) >= 11 is 0. The summed E-state index contributed by atoms with van der Waals surface area (Å²) in [5.74, 6) is -0.394. The van der Waals surface area contributed by atoms with Gasteiger partial charge in [0.2, 0.25) is 5.91 Å². The number of benzene rings is 4. The molecule has 7 rings (SSSR count). The van der Waals surface area contributed by atoms with Crippen molar-refractivity contribution in [1.82, 2.24) is 4.98 Å². The summed E-state index contributed by atoms with van der Waals surface area (Å²) in [4.78, 5) is 45.3. The number of aromatic nitrogens is 1. The van der Waals surface area contributed by atoms with Crippen LogP contribution in [0.4, 0.5) is 11.4 Å². The second-order valence-corrected chi connectivity index (χ2v) is 10.8. The molecule has 0 radical (unpaired) electrons. The van der Waals surface area contributed by atoms with Gasteiger partial charge in [0.05, 0.1) is 17.6 Å². The number of aryl methyl sites for hydroxylation is 1. The Labute approximate surface area is 231 Å². The number of fused-ring (bicyclic) bond motifs is 4. The Balaban J connectivity index is 1.40. The Hall–Kier alpha value is -4.91. The van der Waals surface area contributed by atoms with Gasteiger partial charge in [-0.15, -0.1) is 0 Å². The molecule has 0 atom stereocenters. The van der Waals surface area contributed by atoms with E-state index in [-0.39, 0.29) is 11.8 Å². The summed E-state index contributed by atoms with van der Waals surface area (Å²) in [6.45, 7) is 5.30. The van der Waals surface area contributed by atoms with Gasteiger partial charge in [-0.1, -0.05) is 42.0 Å². The fourth-order valence-electron chi connectivity index (χ4n) is 6.37. The molecule has 2 aliphatic rings. The number of carbonyl (C=O) groups excluding carboxylic acids is 3. The molecule has 4 aromatic carbocycles. The Bertz CT molecular complexity index is 1920. The number of nitrogens with two attached hydrogens (primary N) is 1. The number of hydrogen-bond donors (Lipinski definition) is 2. The highest BCUT2D eigenvalue weighted by molar-refractivity contribution is 6.21. The number of H-pyrrole nitrogens is 1. The van der Waals surface area contributed by atoms with Crippen molar-refractivity contribution in [1.29, 1.82) is 0 Å². The third-order valence-electron chi connectivity index (χ3n) is 8.34. The molecule has 5 aromatic rings. The van der Waals surface area contributed by atoms with E-state index < -0.39 is 5.91 Å². The lowest BCUT2D eigenvalue weighted by Crippen LogP contribution is -2.24. The molecule has 7 heteroatoms. The highest BCUT2D eigenvalue weighted by atomic mass is 16.2. The van der Waals surface area contributed by atoms with Crippen molar-refractivity contribution in [2.45, 2.75) is 33.2 Å². The number of hydrogen-bond acceptors (Lipinski definition) is 3. The highest BCUT2D eigenvalue weighted by Gasteiger charge is 2.30. The first-order valence-electron chi connectivity index (χ1n) is 13.5. The molecule has 1 aromatic heterocycles. The van der Waals surface area contributed by atoms with Crippen LogP contribution in [-0.2, 0) is 11.3 Å². The molecule has 0 saturated carbocycles. The van der Waals surface area contributed by atoms with Crippen LogP contribution in [0.25, 0.3) is 32.9 Å². The highest BCUT2D eigenvalue weighted by Crippen LogP contribution is 2.42. The van der Waals surface area contributed by atoms with Crippen LogP contribution in [0.15, 0.2) is 66.7 Å². The van der Waals surface area contributed by atoms with E-state index >= 15 is 0 Å². The molecule has 0 bridgehead atoms. The number of rotatable bonds is 4. The van der Waals surface area contributed by atoms with Gasteiger partial charge in [-0.2, -0.15) is 0 Å². The normalized spacial score (nSPS) is 15.1. The van der Waals surface area contributed by atoms with E-state index in [1.54, 1.807) is 11.0 Å². The van der Waals surface area contributed by atoms with Crippen molar-refractivity contribution >= 4 is 50.9 Å². The minimum absolute atomic E-state index is 0.000516. The summed E-state index contributed by atoms with van der Waals surface area (Å²) in [7, 11) is 0.